The van der Waals surface area contributed by atoms with Gasteiger partial charge in [-0.05, 0) is 39.0 Å². The lowest BCUT2D eigenvalue weighted by molar-refractivity contribution is 0.232. The number of anilines is 1. The molecule has 7 heteroatoms. The summed E-state index contributed by atoms with van der Waals surface area (Å²) in [4.78, 5) is 16.2. The molecule has 0 aliphatic carbocycles. The maximum Gasteiger partial charge on any atom is 0.319 e. The van der Waals surface area contributed by atoms with E-state index < -0.39 is 23.7 Å². The van der Waals surface area contributed by atoms with Crippen LogP contribution in [0.5, 0.6) is 5.88 Å². The summed E-state index contributed by atoms with van der Waals surface area (Å²) in [6.07, 6.45) is 1.45. The molecule has 0 aliphatic heterocycles. The first-order chi connectivity index (χ1) is 11.4. The van der Waals surface area contributed by atoms with Crippen molar-refractivity contribution in [3.05, 3.63) is 53.7 Å². The van der Waals surface area contributed by atoms with Gasteiger partial charge in [0.25, 0.3) is 0 Å². The Labute approximate surface area is 139 Å². The Morgan fingerprint density at radius 3 is 2.62 bits per heavy atom. The van der Waals surface area contributed by atoms with E-state index in [2.05, 4.69) is 15.6 Å². The van der Waals surface area contributed by atoms with Gasteiger partial charge in [-0.1, -0.05) is 6.07 Å². The number of hydrogen-bond donors (Lipinski definition) is 2. The number of nitrogens with zero attached hydrogens (tertiary/aromatic N) is 1. The SMILES string of the molecule is CC(C)Oc1ncccc1NC(=O)NC(C)c1ccc(F)cc1F. The first-order valence-electron chi connectivity index (χ1n) is 7.51. The van der Waals surface area contributed by atoms with Crippen molar-refractivity contribution in [2.75, 3.05) is 5.32 Å². The van der Waals surface area contributed by atoms with E-state index >= 15 is 0 Å². The number of amides is 2. The second-order valence-corrected chi connectivity index (χ2v) is 5.51. The molecule has 0 bridgehead atoms. The van der Waals surface area contributed by atoms with Crippen molar-refractivity contribution >= 4 is 11.7 Å². The van der Waals surface area contributed by atoms with Crippen LogP contribution in [0.4, 0.5) is 19.3 Å². The van der Waals surface area contributed by atoms with Crippen molar-refractivity contribution in [3.63, 3.8) is 0 Å². The van der Waals surface area contributed by atoms with Gasteiger partial charge in [-0.2, -0.15) is 0 Å². The number of benzene rings is 1. The van der Waals surface area contributed by atoms with E-state index in [1.54, 1.807) is 25.3 Å². The number of pyridine rings is 1. The number of urea groups is 1. The van der Waals surface area contributed by atoms with Gasteiger partial charge in [0.2, 0.25) is 5.88 Å². The second kappa shape index (κ2) is 7.72. The van der Waals surface area contributed by atoms with Gasteiger partial charge in [0.05, 0.1) is 12.1 Å². The van der Waals surface area contributed by atoms with Crippen molar-refractivity contribution in [3.8, 4) is 5.88 Å². The van der Waals surface area contributed by atoms with Gasteiger partial charge in [0.15, 0.2) is 0 Å². The molecule has 2 N–H and O–H groups in total. The van der Waals surface area contributed by atoms with Crippen molar-refractivity contribution in [2.24, 2.45) is 0 Å². The third kappa shape index (κ3) is 4.65. The maximum atomic E-state index is 13.7. The van der Waals surface area contributed by atoms with Crippen LogP contribution in [0, 0.1) is 11.6 Å². The average Bonchev–Trinajstić information content (AvgIpc) is 2.48. The van der Waals surface area contributed by atoms with Gasteiger partial charge in [-0.25, -0.2) is 18.6 Å². The van der Waals surface area contributed by atoms with E-state index in [1.165, 1.54) is 6.07 Å². The second-order valence-electron chi connectivity index (χ2n) is 5.51. The van der Waals surface area contributed by atoms with E-state index in [0.717, 1.165) is 12.1 Å². The molecule has 0 fully saturated rings. The molecular weight excluding hydrogens is 316 g/mol. The summed E-state index contributed by atoms with van der Waals surface area (Å²) < 4.78 is 32.2. The Morgan fingerprint density at radius 1 is 1.21 bits per heavy atom. The number of carbonyl (C=O) groups excluding carboxylic acids is 1. The number of hydrogen-bond acceptors (Lipinski definition) is 3. The fourth-order valence-electron chi connectivity index (χ4n) is 2.09. The van der Waals surface area contributed by atoms with Crippen molar-refractivity contribution in [1.29, 1.82) is 0 Å². The average molecular weight is 335 g/mol. The lowest BCUT2D eigenvalue weighted by Crippen LogP contribution is -2.32. The van der Waals surface area contributed by atoms with Crippen molar-refractivity contribution < 1.29 is 18.3 Å². The van der Waals surface area contributed by atoms with E-state index in [1.807, 2.05) is 13.8 Å². The number of rotatable bonds is 5. The van der Waals surface area contributed by atoms with Gasteiger partial charge < -0.3 is 15.4 Å². The molecule has 5 nitrogen and oxygen atoms in total. The summed E-state index contributed by atoms with van der Waals surface area (Å²) in [5.41, 5.74) is 0.590. The van der Waals surface area contributed by atoms with Crippen LogP contribution in [-0.2, 0) is 0 Å². The monoisotopic (exact) mass is 335 g/mol. The fraction of sp³-hybridized carbons (Fsp3) is 0.294. The molecule has 2 rings (SSSR count). The maximum absolute atomic E-state index is 13.7. The smallest absolute Gasteiger partial charge is 0.319 e. The molecule has 1 atom stereocenters. The minimum atomic E-state index is -0.715. The molecule has 24 heavy (non-hydrogen) atoms. The van der Waals surface area contributed by atoms with Crippen molar-refractivity contribution in [2.45, 2.75) is 32.9 Å². The summed E-state index contributed by atoms with van der Waals surface area (Å²) in [5, 5.41) is 5.20. The summed E-state index contributed by atoms with van der Waals surface area (Å²) >= 11 is 0. The highest BCUT2D eigenvalue weighted by Crippen LogP contribution is 2.22. The zero-order valence-corrected chi connectivity index (χ0v) is 13.6. The minimum Gasteiger partial charge on any atom is -0.473 e. The molecule has 0 spiro atoms. The van der Waals surface area contributed by atoms with Crippen LogP contribution in [-0.4, -0.2) is 17.1 Å². The van der Waals surface area contributed by atoms with Crippen LogP contribution in [0.2, 0.25) is 0 Å². The summed E-state index contributed by atoms with van der Waals surface area (Å²) in [5.74, 6) is -1.09. The molecule has 0 saturated carbocycles. The predicted octanol–water partition coefficient (Wildman–Crippen LogP) is 4.03. The lowest BCUT2D eigenvalue weighted by Gasteiger charge is -2.17. The molecule has 1 unspecified atom stereocenters. The zero-order valence-electron chi connectivity index (χ0n) is 13.6. The first kappa shape index (κ1) is 17.7. The molecule has 1 heterocycles. The Bertz CT molecular complexity index is 723. The van der Waals surface area contributed by atoms with Crippen LogP contribution >= 0.6 is 0 Å². The van der Waals surface area contributed by atoms with Crippen molar-refractivity contribution in [1.82, 2.24) is 10.3 Å². The minimum absolute atomic E-state index is 0.101. The quantitative estimate of drug-likeness (QED) is 0.867. The van der Waals surface area contributed by atoms with Gasteiger partial charge in [-0.15, -0.1) is 0 Å². The van der Waals surface area contributed by atoms with Gasteiger partial charge >= 0.3 is 6.03 Å². The number of halogens is 2. The third-order valence-electron chi connectivity index (χ3n) is 3.14. The molecular formula is C17H19F2N3O2. The Balaban J connectivity index is 2.05. The normalized spacial score (nSPS) is 11.9. The van der Waals surface area contributed by atoms with E-state index in [0.29, 0.717) is 11.6 Å². The van der Waals surface area contributed by atoms with Gasteiger partial charge in [0, 0.05) is 17.8 Å². The molecule has 0 saturated heterocycles. The standard InChI is InChI=1S/C17H19F2N3O2/c1-10(2)24-16-15(5-4-8-20-16)22-17(23)21-11(3)13-7-6-12(18)9-14(13)19/h4-11H,1-3H3,(H2,21,22,23). The third-order valence-corrected chi connectivity index (χ3v) is 3.14. The Hall–Kier alpha value is -2.70. The lowest BCUT2D eigenvalue weighted by atomic mass is 10.1. The number of ether oxygens (including phenoxy) is 1. The molecule has 1 aromatic heterocycles. The van der Waals surface area contributed by atoms with Crippen LogP contribution in [0.25, 0.3) is 0 Å². The van der Waals surface area contributed by atoms with E-state index in [4.69, 9.17) is 4.74 Å². The molecule has 0 radical (unpaired) electrons. The van der Waals surface area contributed by atoms with Gasteiger partial charge in [-0.3, -0.25) is 0 Å². The molecule has 0 aliphatic rings. The summed E-state index contributed by atoms with van der Waals surface area (Å²) in [7, 11) is 0. The first-order valence-corrected chi connectivity index (χ1v) is 7.51. The highest BCUT2D eigenvalue weighted by molar-refractivity contribution is 5.90. The van der Waals surface area contributed by atoms with E-state index in [9.17, 15) is 13.6 Å². The highest BCUT2D eigenvalue weighted by atomic mass is 19.1. The number of nitrogens with one attached hydrogen (secondary N) is 2. The number of aromatic nitrogens is 1. The highest BCUT2D eigenvalue weighted by Gasteiger charge is 2.16. The Morgan fingerprint density at radius 2 is 1.96 bits per heavy atom. The fourth-order valence-corrected chi connectivity index (χ4v) is 2.09. The van der Waals surface area contributed by atoms with E-state index in [-0.39, 0.29) is 11.7 Å². The van der Waals surface area contributed by atoms with Crippen LogP contribution in [0.3, 0.4) is 0 Å². The summed E-state index contributed by atoms with van der Waals surface area (Å²) in [6, 6.07) is 5.34. The predicted molar refractivity (Wildman–Crippen MR) is 86.9 cm³/mol. The summed E-state index contributed by atoms with van der Waals surface area (Å²) in [6.45, 7) is 5.29. The topological polar surface area (TPSA) is 63.2 Å². The van der Waals surface area contributed by atoms with Crippen LogP contribution < -0.4 is 15.4 Å². The number of carbonyl (C=O) groups is 1. The van der Waals surface area contributed by atoms with Gasteiger partial charge in [0.1, 0.15) is 17.3 Å². The Kier molecular flexibility index (Phi) is 5.68. The molecule has 2 amide bonds. The zero-order chi connectivity index (χ0) is 17.7. The largest absolute Gasteiger partial charge is 0.473 e. The molecule has 128 valence electrons. The van der Waals surface area contributed by atoms with Crippen LogP contribution in [0.1, 0.15) is 32.4 Å². The molecule has 2 aromatic rings. The molecule has 1 aromatic carbocycles. The van der Waals surface area contributed by atoms with Crippen LogP contribution in [0.15, 0.2) is 36.5 Å².